The minimum absolute atomic E-state index is 0.0817. The van der Waals surface area contributed by atoms with Crippen LogP contribution in [0.25, 0.3) is 0 Å². The molecule has 4 rings (SSSR count). The van der Waals surface area contributed by atoms with Crippen LogP contribution in [0.1, 0.15) is 63.0 Å². The van der Waals surface area contributed by atoms with Crippen LogP contribution < -0.4 is 5.32 Å². The Morgan fingerprint density at radius 2 is 1.72 bits per heavy atom. The first kappa shape index (κ1) is 22.3. The molecule has 2 aliphatic carbocycles. The van der Waals surface area contributed by atoms with Gasteiger partial charge in [0.2, 0.25) is 0 Å². The number of dihydropyridines is 1. The lowest BCUT2D eigenvalue weighted by atomic mass is 9.69. The zero-order valence-electron chi connectivity index (χ0n) is 19.2. The number of carbonyl (C=O) groups excluding carboxylic acids is 3. The standard InChI is InChI=1S/C26H31NO5/c1-14-9-11-17(12-10-14)22-21(26(30)32-18-7-5-6-8-18)16(3)27-19-13-15(2)20(25(29)31-4)24(28)23(19)22/h9-12,15,18,20,22,27H,5-8,13H2,1-4H3/t15-,20-,22+/m0/s1. The second kappa shape index (κ2) is 8.93. The highest BCUT2D eigenvalue weighted by Crippen LogP contribution is 2.45. The van der Waals surface area contributed by atoms with Crippen molar-refractivity contribution in [3.63, 3.8) is 0 Å². The zero-order chi connectivity index (χ0) is 23.0. The lowest BCUT2D eigenvalue weighted by Gasteiger charge is -2.38. The summed E-state index contributed by atoms with van der Waals surface area (Å²) in [6.07, 6.45) is 4.31. The number of ketones is 1. The molecular formula is C26H31NO5. The predicted molar refractivity (Wildman–Crippen MR) is 119 cm³/mol. The van der Waals surface area contributed by atoms with E-state index in [1.807, 2.05) is 45.0 Å². The molecule has 0 spiro atoms. The van der Waals surface area contributed by atoms with Crippen LogP contribution in [0.3, 0.4) is 0 Å². The van der Waals surface area contributed by atoms with Gasteiger partial charge in [-0.25, -0.2) is 4.79 Å². The maximum Gasteiger partial charge on any atom is 0.337 e. The lowest BCUT2D eigenvalue weighted by molar-refractivity contribution is -0.151. The molecule has 32 heavy (non-hydrogen) atoms. The van der Waals surface area contributed by atoms with Gasteiger partial charge in [0.15, 0.2) is 5.78 Å². The van der Waals surface area contributed by atoms with Crippen molar-refractivity contribution in [1.82, 2.24) is 5.32 Å². The number of allylic oxidation sites excluding steroid dienone is 3. The van der Waals surface area contributed by atoms with Gasteiger partial charge in [0, 0.05) is 22.9 Å². The number of rotatable bonds is 4. The third kappa shape index (κ3) is 3.98. The Balaban J connectivity index is 1.79. The molecule has 0 aromatic heterocycles. The fourth-order valence-corrected chi connectivity index (χ4v) is 5.26. The Kier molecular flexibility index (Phi) is 6.22. The maximum absolute atomic E-state index is 13.7. The molecule has 0 radical (unpaired) electrons. The average molecular weight is 438 g/mol. The molecule has 1 heterocycles. The molecule has 6 heteroatoms. The predicted octanol–water partition coefficient (Wildman–Crippen LogP) is 4.09. The van der Waals surface area contributed by atoms with Crippen molar-refractivity contribution < 1.29 is 23.9 Å². The smallest absolute Gasteiger partial charge is 0.337 e. The van der Waals surface area contributed by atoms with E-state index in [4.69, 9.17) is 9.47 Å². The third-order valence-electron chi connectivity index (χ3n) is 6.95. The van der Waals surface area contributed by atoms with Crippen molar-refractivity contribution in [1.29, 1.82) is 0 Å². The van der Waals surface area contributed by atoms with Crippen molar-refractivity contribution in [2.24, 2.45) is 11.8 Å². The Morgan fingerprint density at radius 1 is 1.06 bits per heavy atom. The molecule has 3 aliphatic rings. The normalized spacial score (nSPS) is 26.0. The molecule has 1 saturated carbocycles. The van der Waals surface area contributed by atoms with E-state index in [2.05, 4.69) is 5.32 Å². The van der Waals surface area contributed by atoms with Gasteiger partial charge in [0.1, 0.15) is 12.0 Å². The van der Waals surface area contributed by atoms with E-state index in [0.29, 0.717) is 23.3 Å². The number of hydrogen-bond donors (Lipinski definition) is 1. The second-order valence-electron chi connectivity index (χ2n) is 9.26. The number of benzene rings is 1. The van der Waals surface area contributed by atoms with E-state index in [1.54, 1.807) is 0 Å². The summed E-state index contributed by atoms with van der Waals surface area (Å²) in [5, 5.41) is 3.31. The summed E-state index contributed by atoms with van der Waals surface area (Å²) in [6, 6.07) is 7.84. The van der Waals surface area contributed by atoms with Gasteiger partial charge in [-0.1, -0.05) is 36.8 Å². The van der Waals surface area contributed by atoms with Crippen LogP contribution in [-0.4, -0.2) is 30.9 Å². The molecule has 1 aromatic rings. The summed E-state index contributed by atoms with van der Waals surface area (Å²) in [5.41, 5.74) is 4.34. The maximum atomic E-state index is 13.7. The monoisotopic (exact) mass is 437 g/mol. The Labute approximate surface area is 189 Å². The van der Waals surface area contributed by atoms with Gasteiger partial charge < -0.3 is 14.8 Å². The fraction of sp³-hybridized carbons (Fsp3) is 0.500. The van der Waals surface area contributed by atoms with Crippen LogP contribution >= 0.6 is 0 Å². The highest BCUT2D eigenvalue weighted by atomic mass is 16.5. The van der Waals surface area contributed by atoms with Crippen molar-refractivity contribution in [2.45, 2.75) is 64.9 Å². The Bertz CT molecular complexity index is 998. The Hall–Kier alpha value is -2.89. The summed E-state index contributed by atoms with van der Waals surface area (Å²) in [7, 11) is 1.30. The first-order valence-corrected chi connectivity index (χ1v) is 11.4. The number of ether oxygens (including phenoxy) is 2. The van der Waals surface area contributed by atoms with E-state index in [9.17, 15) is 14.4 Å². The zero-order valence-corrected chi connectivity index (χ0v) is 19.2. The molecule has 0 bridgehead atoms. The van der Waals surface area contributed by atoms with Crippen molar-refractivity contribution >= 4 is 17.7 Å². The van der Waals surface area contributed by atoms with Gasteiger partial charge in [-0.05, 0) is 57.4 Å². The number of nitrogens with one attached hydrogen (secondary N) is 1. The van der Waals surface area contributed by atoms with Crippen LogP contribution in [0.2, 0.25) is 0 Å². The van der Waals surface area contributed by atoms with E-state index in [1.165, 1.54) is 7.11 Å². The molecule has 0 unspecified atom stereocenters. The Morgan fingerprint density at radius 3 is 2.34 bits per heavy atom. The number of aryl methyl sites for hydroxylation is 1. The van der Waals surface area contributed by atoms with Crippen LogP contribution in [0.4, 0.5) is 0 Å². The SMILES string of the molecule is COC(=O)[C@@H]1C(=O)C2=C(C[C@@H]1C)NC(C)=C(C(=O)OC1CCCC1)[C@H]2c1ccc(C)cc1. The van der Waals surface area contributed by atoms with E-state index in [0.717, 1.165) is 42.5 Å². The molecule has 6 nitrogen and oxygen atoms in total. The molecular weight excluding hydrogens is 406 g/mol. The first-order chi connectivity index (χ1) is 15.3. The van der Waals surface area contributed by atoms with Gasteiger partial charge in [0.05, 0.1) is 12.7 Å². The third-order valence-corrected chi connectivity index (χ3v) is 6.95. The average Bonchev–Trinajstić information content (AvgIpc) is 3.26. The van der Waals surface area contributed by atoms with E-state index >= 15 is 0 Å². The number of hydrogen-bond acceptors (Lipinski definition) is 6. The van der Waals surface area contributed by atoms with Gasteiger partial charge in [-0.15, -0.1) is 0 Å². The number of carbonyl (C=O) groups is 3. The molecule has 1 aliphatic heterocycles. The first-order valence-electron chi connectivity index (χ1n) is 11.4. The van der Waals surface area contributed by atoms with Gasteiger partial charge in [0.25, 0.3) is 0 Å². The van der Waals surface area contributed by atoms with Gasteiger partial charge in [-0.3, -0.25) is 9.59 Å². The number of Topliss-reactive ketones (excluding diaryl/α,β-unsaturated/α-hetero) is 1. The van der Waals surface area contributed by atoms with Crippen molar-refractivity contribution in [3.05, 3.63) is 57.9 Å². The quantitative estimate of drug-likeness (QED) is 0.564. The fourth-order valence-electron chi connectivity index (χ4n) is 5.26. The minimum atomic E-state index is -0.876. The van der Waals surface area contributed by atoms with Gasteiger partial charge in [-0.2, -0.15) is 0 Å². The van der Waals surface area contributed by atoms with Crippen molar-refractivity contribution in [3.8, 4) is 0 Å². The molecule has 170 valence electrons. The van der Waals surface area contributed by atoms with Crippen LogP contribution in [0.15, 0.2) is 46.8 Å². The molecule has 1 aromatic carbocycles. The molecule has 3 atom stereocenters. The summed E-state index contributed by atoms with van der Waals surface area (Å²) < 4.78 is 10.8. The minimum Gasteiger partial charge on any atom is -0.468 e. The highest BCUT2D eigenvalue weighted by Gasteiger charge is 2.47. The van der Waals surface area contributed by atoms with Crippen LogP contribution in [0.5, 0.6) is 0 Å². The summed E-state index contributed by atoms with van der Waals surface area (Å²) in [6.45, 7) is 5.74. The molecule has 0 amide bonds. The van der Waals surface area contributed by atoms with Crippen LogP contribution in [-0.2, 0) is 23.9 Å². The molecule has 0 saturated heterocycles. The summed E-state index contributed by atoms with van der Waals surface area (Å²) >= 11 is 0. The molecule has 1 fully saturated rings. The van der Waals surface area contributed by atoms with Gasteiger partial charge >= 0.3 is 11.9 Å². The van der Waals surface area contributed by atoms with E-state index in [-0.39, 0.29) is 23.8 Å². The number of methoxy groups -OCH3 is 1. The highest BCUT2D eigenvalue weighted by molar-refractivity contribution is 6.12. The summed E-state index contributed by atoms with van der Waals surface area (Å²) in [4.78, 5) is 39.5. The topological polar surface area (TPSA) is 81.7 Å². The van der Waals surface area contributed by atoms with E-state index < -0.39 is 17.8 Å². The second-order valence-corrected chi connectivity index (χ2v) is 9.26. The number of esters is 2. The largest absolute Gasteiger partial charge is 0.468 e. The molecule has 1 N–H and O–H groups in total. The van der Waals surface area contributed by atoms with Crippen molar-refractivity contribution in [2.75, 3.05) is 7.11 Å². The lowest BCUT2D eigenvalue weighted by Crippen LogP contribution is -2.43. The van der Waals surface area contributed by atoms with Crippen LogP contribution in [0, 0.1) is 18.8 Å². The summed E-state index contributed by atoms with van der Waals surface area (Å²) in [5.74, 6) is -2.84.